The van der Waals surface area contributed by atoms with Crippen molar-refractivity contribution in [1.82, 2.24) is 4.90 Å². The summed E-state index contributed by atoms with van der Waals surface area (Å²) in [7, 11) is 1.86. The van der Waals surface area contributed by atoms with Crippen LogP contribution in [0.15, 0.2) is 24.3 Å². The van der Waals surface area contributed by atoms with Crippen LogP contribution in [-0.4, -0.2) is 30.1 Å². The largest absolute Gasteiger partial charge is 0.328 e. The van der Waals surface area contributed by atoms with Crippen LogP contribution in [0.1, 0.15) is 37.7 Å². The Labute approximate surface area is 121 Å². The molecule has 0 spiro atoms. The molecule has 1 aliphatic carbocycles. The van der Waals surface area contributed by atoms with Gasteiger partial charge in [0.2, 0.25) is 0 Å². The van der Waals surface area contributed by atoms with Gasteiger partial charge in [0, 0.05) is 19.3 Å². The van der Waals surface area contributed by atoms with Crippen molar-refractivity contribution in [2.75, 3.05) is 18.9 Å². The molecule has 1 aromatic rings. The van der Waals surface area contributed by atoms with Crippen LogP contribution in [-0.2, 0) is 0 Å². The lowest BCUT2D eigenvalue weighted by atomic mass is 9.80. The third-order valence-electron chi connectivity index (χ3n) is 4.48. The zero-order valence-corrected chi connectivity index (χ0v) is 12.5. The van der Waals surface area contributed by atoms with Gasteiger partial charge in [-0.1, -0.05) is 37.0 Å². The SMILES string of the molecule is Cc1ccc(NC(=O)N(C)C2(CN)CCCCC2)cc1. The summed E-state index contributed by atoms with van der Waals surface area (Å²) < 4.78 is 0. The maximum Gasteiger partial charge on any atom is 0.322 e. The number of urea groups is 1. The van der Waals surface area contributed by atoms with Crippen LogP contribution in [0.3, 0.4) is 0 Å². The fourth-order valence-electron chi connectivity index (χ4n) is 2.95. The molecule has 0 aliphatic heterocycles. The van der Waals surface area contributed by atoms with E-state index in [1.807, 2.05) is 43.1 Å². The molecule has 1 aliphatic rings. The number of nitrogens with zero attached hydrogens (tertiary/aromatic N) is 1. The number of aryl methyl sites for hydroxylation is 1. The zero-order chi connectivity index (χ0) is 14.6. The molecule has 0 saturated heterocycles. The highest BCUT2D eigenvalue weighted by Gasteiger charge is 2.37. The maximum atomic E-state index is 12.4. The quantitative estimate of drug-likeness (QED) is 0.890. The Morgan fingerprint density at radius 1 is 1.25 bits per heavy atom. The van der Waals surface area contributed by atoms with Gasteiger partial charge in [0.1, 0.15) is 0 Å². The zero-order valence-electron chi connectivity index (χ0n) is 12.5. The lowest BCUT2D eigenvalue weighted by Crippen LogP contribution is -2.56. The minimum absolute atomic E-state index is 0.0683. The molecule has 1 saturated carbocycles. The Balaban J connectivity index is 2.05. The molecule has 20 heavy (non-hydrogen) atoms. The Bertz CT molecular complexity index is 449. The highest BCUT2D eigenvalue weighted by molar-refractivity contribution is 5.89. The van der Waals surface area contributed by atoms with E-state index in [0.29, 0.717) is 6.54 Å². The fourth-order valence-corrected chi connectivity index (χ4v) is 2.95. The standard InChI is InChI=1S/C16H25N3O/c1-13-6-8-14(9-7-13)18-15(20)19(2)16(12-17)10-4-3-5-11-16/h6-9H,3-5,10-12,17H2,1-2H3,(H,18,20). The maximum absolute atomic E-state index is 12.4. The second-order valence-corrected chi connectivity index (χ2v) is 5.84. The van der Waals surface area contributed by atoms with Crippen LogP contribution < -0.4 is 11.1 Å². The van der Waals surface area contributed by atoms with Crippen LogP contribution in [0.2, 0.25) is 0 Å². The molecule has 1 aromatic carbocycles. The van der Waals surface area contributed by atoms with Crippen molar-refractivity contribution < 1.29 is 4.79 Å². The Morgan fingerprint density at radius 3 is 2.40 bits per heavy atom. The summed E-state index contributed by atoms with van der Waals surface area (Å²) in [6, 6.07) is 7.78. The third-order valence-corrected chi connectivity index (χ3v) is 4.48. The molecule has 2 amide bonds. The first-order valence-electron chi connectivity index (χ1n) is 7.39. The number of anilines is 1. The van der Waals surface area contributed by atoms with Crippen LogP contribution in [0.4, 0.5) is 10.5 Å². The van der Waals surface area contributed by atoms with Gasteiger partial charge in [-0.05, 0) is 31.9 Å². The van der Waals surface area contributed by atoms with Crippen LogP contribution >= 0.6 is 0 Å². The number of hydrogen-bond donors (Lipinski definition) is 2. The number of benzene rings is 1. The van der Waals surface area contributed by atoms with E-state index in [1.165, 1.54) is 12.0 Å². The van der Waals surface area contributed by atoms with Crippen LogP contribution in [0.25, 0.3) is 0 Å². The van der Waals surface area contributed by atoms with Crippen LogP contribution in [0, 0.1) is 6.92 Å². The minimum atomic E-state index is -0.174. The van der Waals surface area contributed by atoms with Gasteiger partial charge in [0.25, 0.3) is 0 Å². The van der Waals surface area contributed by atoms with Gasteiger partial charge in [-0.2, -0.15) is 0 Å². The smallest absolute Gasteiger partial charge is 0.322 e. The predicted molar refractivity (Wildman–Crippen MR) is 82.8 cm³/mol. The van der Waals surface area contributed by atoms with E-state index >= 15 is 0 Å². The van der Waals surface area contributed by atoms with Crippen molar-refractivity contribution in [1.29, 1.82) is 0 Å². The molecule has 2 rings (SSSR count). The normalized spacial score (nSPS) is 17.6. The molecule has 110 valence electrons. The average Bonchev–Trinajstić information content (AvgIpc) is 2.49. The van der Waals surface area contributed by atoms with Crippen LogP contribution in [0.5, 0.6) is 0 Å². The van der Waals surface area contributed by atoms with Gasteiger partial charge < -0.3 is 16.0 Å². The van der Waals surface area contributed by atoms with Gasteiger partial charge in [-0.25, -0.2) is 4.79 Å². The van der Waals surface area contributed by atoms with E-state index in [0.717, 1.165) is 31.4 Å². The van der Waals surface area contributed by atoms with Gasteiger partial charge in [0.15, 0.2) is 0 Å². The van der Waals surface area contributed by atoms with Gasteiger partial charge >= 0.3 is 6.03 Å². The summed E-state index contributed by atoms with van der Waals surface area (Å²) in [5.74, 6) is 0. The summed E-state index contributed by atoms with van der Waals surface area (Å²) in [6.07, 6.45) is 5.55. The van der Waals surface area contributed by atoms with E-state index in [1.54, 1.807) is 0 Å². The second kappa shape index (κ2) is 6.27. The lowest BCUT2D eigenvalue weighted by molar-refractivity contribution is 0.112. The summed E-state index contributed by atoms with van der Waals surface area (Å²) in [4.78, 5) is 14.2. The van der Waals surface area contributed by atoms with Crippen molar-refractivity contribution in [3.8, 4) is 0 Å². The van der Waals surface area contributed by atoms with E-state index in [-0.39, 0.29) is 11.6 Å². The number of carbonyl (C=O) groups excluding carboxylic acids is 1. The number of nitrogens with one attached hydrogen (secondary N) is 1. The number of rotatable bonds is 3. The van der Waals surface area contributed by atoms with E-state index in [9.17, 15) is 4.79 Å². The fraction of sp³-hybridized carbons (Fsp3) is 0.562. The van der Waals surface area contributed by atoms with Crippen molar-refractivity contribution in [3.05, 3.63) is 29.8 Å². The average molecular weight is 275 g/mol. The predicted octanol–water partition coefficient (Wildman–Crippen LogP) is 3.12. The minimum Gasteiger partial charge on any atom is -0.328 e. The summed E-state index contributed by atoms with van der Waals surface area (Å²) >= 11 is 0. The monoisotopic (exact) mass is 275 g/mol. The molecule has 0 unspecified atom stereocenters. The molecular formula is C16H25N3O. The summed E-state index contributed by atoms with van der Waals surface area (Å²) in [6.45, 7) is 2.56. The number of likely N-dealkylation sites (N-methyl/N-ethyl adjacent to an activating group) is 1. The second-order valence-electron chi connectivity index (χ2n) is 5.84. The Morgan fingerprint density at radius 2 is 1.85 bits per heavy atom. The van der Waals surface area contributed by atoms with Gasteiger partial charge in [0.05, 0.1) is 5.54 Å². The lowest BCUT2D eigenvalue weighted by Gasteiger charge is -2.43. The van der Waals surface area contributed by atoms with Crippen molar-refractivity contribution in [3.63, 3.8) is 0 Å². The highest BCUT2D eigenvalue weighted by atomic mass is 16.2. The number of nitrogens with two attached hydrogens (primary N) is 1. The van der Waals surface area contributed by atoms with Crippen molar-refractivity contribution in [2.24, 2.45) is 5.73 Å². The van der Waals surface area contributed by atoms with E-state index < -0.39 is 0 Å². The Hall–Kier alpha value is -1.55. The molecule has 0 bridgehead atoms. The van der Waals surface area contributed by atoms with Crippen molar-refractivity contribution >= 4 is 11.7 Å². The molecule has 0 atom stereocenters. The number of hydrogen-bond acceptors (Lipinski definition) is 2. The molecule has 1 fully saturated rings. The van der Waals surface area contributed by atoms with Crippen molar-refractivity contribution in [2.45, 2.75) is 44.6 Å². The molecule has 4 nitrogen and oxygen atoms in total. The molecule has 0 radical (unpaired) electrons. The first-order valence-corrected chi connectivity index (χ1v) is 7.39. The number of carbonyl (C=O) groups is 1. The molecular weight excluding hydrogens is 250 g/mol. The summed E-state index contributed by atoms with van der Waals surface area (Å²) in [5.41, 5.74) is 7.81. The van der Waals surface area contributed by atoms with E-state index in [2.05, 4.69) is 5.32 Å². The first-order chi connectivity index (χ1) is 9.57. The summed E-state index contributed by atoms with van der Waals surface area (Å²) in [5, 5.41) is 2.96. The molecule has 0 aromatic heterocycles. The van der Waals surface area contributed by atoms with Gasteiger partial charge in [-0.3, -0.25) is 0 Å². The third kappa shape index (κ3) is 3.12. The molecule has 0 heterocycles. The first kappa shape index (κ1) is 14.9. The van der Waals surface area contributed by atoms with E-state index in [4.69, 9.17) is 5.73 Å². The number of amides is 2. The molecule has 3 N–H and O–H groups in total. The topological polar surface area (TPSA) is 58.4 Å². The van der Waals surface area contributed by atoms with Gasteiger partial charge in [-0.15, -0.1) is 0 Å². The molecule has 4 heteroatoms. The Kier molecular flexibility index (Phi) is 4.65. The highest BCUT2D eigenvalue weighted by Crippen LogP contribution is 2.32.